The maximum atomic E-state index is 13.0. The lowest BCUT2D eigenvalue weighted by atomic mass is 9.71. The maximum absolute atomic E-state index is 13.0. The Morgan fingerprint density at radius 1 is 1.28 bits per heavy atom. The predicted octanol–water partition coefficient (Wildman–Crippen LogP) is 3.11. The summed E-state index contributed by atoms with van der Waals surface area (Å²) in [6, 6.07) is 3.72. The third-order valence-electron chi connectivity index (χ3n) is 6.98. The lowest BCUT2D eigenvalue weighted by molar-refractivity contribution is -0.142. The Bertz CT molecular complexity index is 1010. The van der Waals surface area contributed by atoms with Crippen LogP contribution in [0.2, 0.25) is 0 Å². The van der Waals surface area contributed by atoms with Crippen molar-refractivity contribution in [2.24, 2.45) is 5.92 Å². The van der Waals surface area contributed by atoms with Gasteiger partial charge in [0.15, 0.2) is 0 Å². The number of fused-ring (bicyclic) bond motifs is 2. The summed E-state index contributed by atoms with van der Waals surface area (Å²) in [5, 5.41) is 11.7. The summed E-state index contributed by atoms with van der Waals surface area (Å²) >= 11 is 0. The second-order valence-electron chi connectivity index (χ2n) is 8.58. The molecule has 2 aliphatic rings. The average molecular weight is 399 g/mol. The molecule has 156 valence electrons. The van der Waals surface area contributed by atoms with Crippen LogP contribution in [0, 0.1) is 19.8 Å². The summed E-state index contributed by atoms with van der Waals surface area (Å²) in [6.07, 6.45) is 4.59. The van der Waals surface area contributed by atoms with Gasteiger partial charge in [-0.3, -0.25) is 4.79 Å². The number of rotatable bonds is 3. The Labute approximate surface area is 170 Å². The molecule has 29 heavy (non-hydrogen) atoms. The van der Waals surface area contributed by atoms with Gasteiger partial charge in [0.25, 0.3) is 0 Å². The van der Waals surface area contributed by atoms with Crippen LogP contribution < -0.4 is 10.4 Å². The zero-order valence-electron chi connectivity index (χ0n) is 17.4. The minimum atomic E-state index is -0.622. The fourth-order valence-electron chi connectivity index (χ4n) is 5.06. The minimum absolute atomic E-state index is 0.0281. The van der Waals surface area contributed by atoms with Crippen LogP contribution in [0.25, 0.3) is 11.0 Å². The topological polar surface area (TPSA) is 80.0 Å². The molecule has 6 nitrogen and oxygen atoms in total. The van der Waals surface area contributed by atoms with Gasteiger partial charge in [-0.15, -0.1) is 0 Å². The van der Waals surface area contributed by atoms with E-state index < -0.39 is 11.2 Å². The van der Waals surface area contributed by atoms with Gasteiger partial charge in [0.05, 0.1) is 24.7 Å². The molecule has 0 radical (unpaired) electrons. The van der Waals surface area contributed by atoms with Crippen molar-refractivity contribution in [3.63, 3.8) is 0 Å². The number of hydrogen-bond acceptors (Lipinski definition) is 5. The SMILES string of the molecule is COc1ccc2c(C)c(CC(=O)N3CC[C@]4(O)CCCC[C@@H]4C3)c(=O)oc2c1C. The summed E-state index contributed by atoms with van der Waals surface area (Å²) in [4.78, 5) is 27.5. The fraction of sp³-hybridized carbons (Fsp3) is 0.565. The first-order valence-electron chi connectivity index (χ1n) is 10.4. The van der Waals surface area contributed by atoms with E-state index in [1.54, 1.807) is 7.11 Å². The molecule has 2 fully saturated rings. The number of benzene rings is 1. The van der Waals surface area contributed by atoms with Crippen molar-refractivity contribution < 1.29 is 19.1 Å². The molecule has 1 aromatic heterocycles. The van der Waals surface area contributed by atoms with Gasteiger partial charge >= 0.3 is 5.63 Å². The molecule has 1 aromatic carbocycles. The minimum Gasteiger partial charge on any atom is -0.496 e. The molecule has 2 atom stereocenters. The third kappa shape index (κ3) is 3.44. The van der Waals surface area contributed by atoms with Gasteiger partial charge in [-0.1, -0.05) is 12.8 Å². The molecule has 1 saturated heterocycles. The fourth-order valence-corrected chi connectivity index (χ4v) is 5.06. The van der Waals surface area contributed by atoms with Crippen molar-refractivity contribution in [1.29, 1.82) is 0 Å². The zero-order chi connectivity index (χ0) is 20.8. The molecule has 1 aliphatic heterocycles. The van der Waals surface area contributed by atoms with Crippen LogP contribution in [0.1, 0.15) is 48.8 Å². The van der Waals surface area contributed by atoms with Crippen LogP contribution in [0.3, 0.4) is 0 Å². The van der Waals surface area contributed by atoms with E-state index in [0.717, 1.165) is 42.2 Å². The van der Waals surface area contributed by atoms with E-state index >= 15 is 0 Å². The highest BCUT2D eigenvalue weighted by atomic mass is 16.5. The summed E-state index contributed by atoms with van der Waals surface area (Å²) in [5.41, 5.74) is 1.39. The first kappa shape index (κ1) is 20.0. The number of hydrogen-bond donors (Lipinski definition) is 1. The molecule has 6 heteroatoms. The summed E-state index contributed by atoms with van der Waals surface area (Å²) < 4.78 is 10.9. The van der Waals surface area contributed by atoms with E-state index in [2.05, 4.69) is 0 Å². The Hall–Kier alpha value is -2.34. The number of ether oxygens (including phenoxy) is 1. The highest BCUT2D eigenvalue weighted by Gasteiger charge is 2.43. The van der Waals surface area contributed by atoms with Gasteiger partial charge in [-0.25, -0.2) is 4.79 Å². The zero-order valence-corrected chi connectivity index (χ0v) is 17.4. The van der Waals surface area contributed by atoms with Gasteiger partial charge in [0.1, 0.15) is 11.3 Å². The van der Waals surface area contributed by atoms with Gasteiger partial charge in [0.2, 0.25) is 5.91 Å². The summed E-state index contributed by atoms with van der Waals surface area (Å²) in [5.74, 6) is 0.730. The Balaban J connectivity index is 1.59. The smallest absolute Gasteiger partial charge is 0.340 e. The first-order valence-corrected chi connectivity index (χ1v) is 10.4. The van der Waals surface area contributed by atoms with Gasteiger partial charge < -0.3 is 19.2 Å². The second-order valence-corrected chi connectivity index (χ2v) is 8.58. The number of piperidine rings is 1. The van der Waals surface area contributed by atoms with E-state index in [-0.39, 0.29) is 18.2 Å². The number of aryl methyl sites for hydroxylation is 2. The number of carbonyl (C=O) groups excluding carboxylic acids is 1. The molecule has 1 amide bonds. The maximum Gasteiger partial charge on any atom is 0.340 e. The molecule has 4 rings (SSSR count). The van der Waals surface area contributed by atoms with Gasteiger partial charge in [-0.2, -0.15) is 0 Å². The molecule has 2 heterocycles. The summed E-state index contributed by atoms with van der Waals surface area (Å²) in [6.45, 7) is 4.83. The predicted molar refractivity (Wildman–Crippen MR) is 110 cm³/mol. The number of nitrogens with zero attached hydrogens (tertiary/aromatic N) is 1. The molecule has 1 aliphatic carbocycles. The number of methoxy groups -OCH3 is 1. The number of aliphatic hydroxyl groups is 1. The van der Waals surface area contributed by atoms with Crippen LogP contribution in [0.15, 0.2) is 21.3 Å². The van der Waals surface area contributed by atoms with Crippen molar-refractivity contribution in [1.82, 2.24) is 4.90 Å². The molecular weight excluding hydrogens is 370 g/mol. The van der Waals surface area contributed by atoms with Crippen LogP contribution in [-0.4, -0.2) is 41.7 Å². The summed E-state index contributed by atoms with van der Waals surface area (Å²) in [7, 11) is 1.58. The van der Waals surface area contributed by atoms with E-state index in [1.807, 2.05) is 30.9 Å². The molecule has 0 unspecified atom stereocenters. The lowest BCUT2D eigenvalue weighted by Crippen LogP contribution is -2.55. The highest BCUT2D eigenvalue weighted by Crippen LogP contribution is 2.40. The standard InChI is InChI=1S/C23H29NO5/c1-14-17-7-8-19(28-3)15(2)21(17)29-22(26)18(14)12-20(25)24-11-10-23(27)9-5-4-6-16(23)13-24/h7-8,16,27H,4-6,9-13H2,1-3H3/t16-,23-/m1/s1. The van der Waals surface area contributed by atoms with Gasteiger partial charge in [0, 0.05) is 30.0 Å². The lowest BCUT2D eigenvalue weighted by Gasteiger charge is -2.47. The van der Waals surface area contributed by atoms with E-state index in [0.29, 0.717) is 36.4 Å². The average Bonchev–Trinajstić information content (AvgIpc) is 2.71. The third-order valence-corrected chi connectivity index (χ3v) is 6.98. The van der Waals surface area contributed by atoms with Crippen molar-refractivity contribution in [2.45, 2.75) is 58.0 Å². The number of likely N-dealkylation sites (tertiary alicyclic amines) is 1. The van der Waals surface area contributed by atoms with E-state index in [4.69, 9.17) is 9.15 Å². The van der Waals surface area contributed by atoms with Gasteiger partial charge in [-0.05, 0) is 50.8 Å². The molecule has 2 aromatic rings. The second kappa shape index (κ2) is 7.48. The van der Waals surface area contributed by atoms with Crippen LogP contribution in [-0.2, 0) is 11.2 Å². The van der Waals surface area contributed by atoms with Crippen molar-refractivity contribution in [3.8, 4) is 5.75 Å². The van der Waals surface area contributed by atoms with Crippen molar-refractivity contribution >= 4 is 16.9 Å². The Morgan fingerprint density at radius 2 is 2.07 bits per heavy atom. The monoisotopic (exact) mass is 399 g/mol. The Kier molecular flexibility index (Phi) is 5.15. The molecule has 1 N–H and O–H groups in total. The van der Waals surface area contributed by atoms with Crippen LogP contribution >= 0.6 is 0 Å². The van der Waals surface area contributed by atoms with Crippen molar-refractivity contribution in [3.05, 3.63) is 39.2 Å². The quantitative estimate of drug-likeness (QED) is 0.802. The van der Waals surface area contributed by atoms with Crippen LogP contribution in [0.5, 0.6) is 5.75 Å². The molecule has 1 saturated carbocycles. The largest absolute Gasteiger partial charge is 0.496 e. The molecule has 0 bridgehead atoms. The highest BCUT2D eigenvalue weighted by molar-refractivity contribution is 5.87. The van der Waals surface area contributed by atoms with Crippen molar-refractivity contribution in [2.75, 3.05) is 20.2 Å². The first-order chi connectivity index (χ1) is 13.8. The number of amides is 1. The van der Waals surface area contributed by atoms with Crippen LogP contribution in [0.4, 0.5) is 0 Å². The van der Waals surface area contributed by atoms with E-state index in [1.165, 1.54) is 0 Å². The normalized spacial score (nSPS) is 24.4. The number of carbonyl (C=O) groups is 1. The molecular formula is C23H29NO5. The Morgan fingerprint density at radius 3 is 2.83 bits per heavy atom. The van der Waals surface area contributed by atoms with E-state index in [9.17, 15) is 14.7 Å². The molecule has 0 spiro atoms.